The predicted molar refractivity (Wildman–Crippen MR) is 108 cm³/mol. The third-order valence-corrected chi connectivity index (χ3v) is 6.07. The second kappa shape index (κ2) is 9.82. The first-order chi connectivity index (χ1) is 11.1. The fraction of sp³-hybridized carbons (Fsp3) is 0.944. The van der Waals surface area contributed by atoms with Gasteiger partial charge in [-0.15, -0.1) is 0 Å². The summed E-state index contributed by atoms with van der Waals surface area (Å²) < 4.78 is 4.54. The number of alkyl halides is 1. The van der Waals surface area contributed by atoms with Crippen LogP contribution in [0.3, 0.4) is 0 Å². The van der Waals surface area contributed by atoms with Crippen LogP contribution in [0, 0.1) is 11.8 Å². The van der Waals surface area contributed by atoms with Crippen LogP contribution in [-0.2, 0) is 9.53 Å². The molecule has 0 aromatic heterocycles. The summed E-state index contributed by atoms with van der Waals surface area (Å²) in [6, 6.07) is -0.296. The Labute approximate surface area is 166 Å². The van der Waals surface area contributed by atoms with Crippen LogP contribution in [-0.4, -0.2) is 67.7 Å². The maximum atomic E-state index is 12.3. The Morgan fingerprint density at radius 3 is 2.04 bits per heavy atom. The maximum absolute atomic E-state index is 12.3. The van der Waals surface area contributed by atoms with E-state index in [1.807, 2.05) is 43.6 Å². The summed E-state index contributed by atoms with van der Waals surface area (Å²) in [6.07, 6.45) is 0.113. The Morgan fingerprint density at radius 1 is 1.16 bits per heavy atom. The Balaban J connectivity index is 4.76. The second-order valence-electron chi connectivity index (χ2n) is 8.39. The average molecular weight is 473 g/mol. The number of esters is 1. The molecular formula is C18H36INO5. The lowest BCUT2D eigenvalue weighted by Crippen LogP contribution is -2.56. The highest BCUT2D eigenvalue weighted by Crippen LogP contribution is 2.29. The highest BCUT2D eigenvalue weighted by molar-refractivity contribution is 14.1. The van der Waals surface area contributed by atoms with Crippen molar-refractivity contribution in [1.82, 2.24) is 4.90 Å². The lowest BCUT2D eigenvalue weighted by atomic mass is 9.88. The first-order valence-corrected chi connectivity index (χ1v) is 9.98. The molecule has 0 aromatic carbocycles. The molecule has 0 bridgehead atoms. The standard InChI is InChI=1S/C18H36INO5/c1-11(10-17(4,5)23)9-12(2)15(22)25-16(19)18(6,24)14(21)13(3)20(7)8/h11-14,16,21,23-24H,9-10H2,1-8H3/t11-,12+,13+,14+,16-,18-/m0/s1. The molecule has 0 fully saturated rings. The number of rotatable bonds is 10. The van der Waals surface area contributed by atoms with Gasteiger partial charge in [-0.05, 0) is 83.1 Å². The van der Waals surface area contributed by atoms with E-state index in [1.165, 1.54) is 6.92 Å². The highest BCUT2D eigenvalue weighted by atomic mass is 127. The molecule has 0 radical (unpaired) electrons. The Bertz CT molecular complexity index is 422. The zero-order valence-corrected chi connectivity index (χ0v) is 18.9. The van der Waals surface area contributed by atoms with Crippen molar-refractivity contribution in [3.63, 3.8) is 0 Å². The third kappa shape index (κ3) is 8.51. The quantitative estimate of drug-likeness (QED) is 0.256. The molecule has 7 heteroatoms. The van der Waals surface area contributed by atoms with Crippen molar-refractivity contribution in [2.75, 3.05) is 14.1 Å². The summed E-state index contributed by atoms with van der Waals surface area (Å²) in [5, 5.41) is 30.9. The third-order valence-electron chi connectivity index (χ3n) is 4.56. The first kappa shape index (κ1) is 25.0. The molecule has 150 valence electrons. The maximum Gasteiger partial charge on any atom is 0.309 e. The number of carbonyl (C=O) groups is 1. The number of hydrogen-bond donors (Lipinski definition) is 3. The van der Waals surface area contributed by atoms with Gasteiger partial charge in [0.2, 0.25) is 0 Å². The van der Waals surface area contributed by atoms with Gasteiger partial charge in [0, 0.05) is 6.04 Å². The monoisotopic (exact) mass is 473 g/mol. The fourth-order valence-corrected chi connectivity index (χ4v) is 3.50. The fourth-order valence-electron chi connectivity index (χ4n) is 2.88. The van der Waals surface area contributed by atoms with Crippen LogP contribution in [0.25, 0.3) is 0 Å². The van der Waals surface area contributed by atoms with Gasteiger partial charge in [0.15, 0.2) is 4.11 Å². The molecule has 0 aromatic rings. The predicted octanol–water partition coefficient (Wildman–Crippen LogP) is 2.18. The molecule has 0 saturated carbocycles. The van der Waals surface area contributed by atoms with E-state index in [1.54, 1.807) is 32.6 Å². The molecule has 0 aliphatic heterocycles. The molecule has 0 amide bonds. The summed E-state index contributed by atoms with van der Waals surface area (Å²) in [5.41, 5.74) is -2.34. The van der Waals surface area contributed by atoms with Crippen LogP contribution in [0.1, 0.15) is 54.4 Å². The van der Waals surface area contributed by atoms with E-state index < -0.39 is 27.4 Å². The highest BCUT2D eigenvalue weighted by Gasteiger charge is 2.43. The van der Waals surface area contributed by atoms with Crippen molar-refractivity contribution in [1.29, 1.82) is 0 Å². The van der Waals surface area contributed by atoms with Gasteiger partial charge in [-0.1, -0.05) is 13.8 Å². The van der Waals surface area contributed by atoms with E-state index in [4.69, 9.17) is 4.74 Å². The van der Waals surface area contributed by atoms with E-state index >= 15 is 0 Å². The normalized spacial score (nSPS) is 21.2. The Morgan fingerprint density at radius 2 is 1.64 bits per heavy atom. The smallest absolute Gasteiger partial charge is 0.309 e. The number of hydrogen-bond acceptors (Lipinski definition) is 6. The van der Waals surface area contributed by atoms with E-state index in [0.717, 1.165) is 0 Å². The topological polar surface area (TPSA) is 90.2 Å². The van der Waals surface area contributed by atoms with Crippen LogP contribution >= 0.6 is 22.6 Å². The van der Waals surface area contributed by atoms with Crippen molar-refractivity contribution in [2.24, 2.45) is 11.8 Å². The largest absolute Gasteiger partial charge is 0.448 e. The van der Waals surface area contributed by atoms with E-state index in [9.17, 15) is 20.1 Å². The lowest BCUT2D eigenvalue weighted by Gasteiger charge is -2.38. The van der Waals surface area contributed by atoms with Crippen LogP contribution < -0.4 is 0 Å². The van der Waals surface area contributed by atoms with Gasteiger partial charge < -0.3 is 25.0 Å². The van der Waals surface area contributed by atoms with Gasteiger partial charge in [0.25, 0.3) is 0 Å². The molecule has 0 saturated heterocycles. The van der Waals surface area contributed by atoms with Crippen molar-refractivity contribution in [2.45, 2.75) is 81.8 Å². The van der Waals surface area contributed by atoms with E-state index in [2.05, 4.69) is 0 Å². The van der Waals surface area contributed by atoms with Gasteiger partial charge in [-0.25, -0.2) is 0 Å². The van der Waals surface area contributed by atoms with E-state index in [0.29, 0.717) is 12.8 Å². The minimum Gasteiger partial charge on any atom is -0.448 e. The second-order valence-corrected chi connectivity index (χ2v) is 9.52. The molecule has 0 spiro atoms. The van der Waals surface area contributed by atoms with Gasteiger partial charge in [-0.3, -0.25) is 4.79 Å². The SMILES string of the molecule is C[C@@H](C[C@@H](C)C(=O)O[C@H](I)[C@@](C)(O)[C@H](O)[C@@H](C)N(C)C)CC(C)(C)O. The lowest BCUT2D eigenvalue weighted by molar-refractivity contribution is -0.169. The Hall–Kier alpha value is 0.0400. The number of aliphatic hydroxyl groups is 3. The zero-order chi connectivity index (χ0) is 20.2. The van der Waals surface area contributed by atoms with Gasteiger partial charge in [0.05, 0.1) is 11.5 Å². The molecular weight excluding hydrogens is 437 g/mol. The van der Waals surface area contributed by atoms with Crippen LogP contribution in [0.5, 0.6) is 0 Å². The summed E-state index contributed by atoms with van der Waals surface area (Å²) in [6.45, 7) is 10.5. The molecule has 0 aliphatic carbocycles. The number of nitrogens with zero attached hydrogens (tertiary/aromatic N) is 1. The molecule has 0 rings (SSSR count). The molecule has 0 heterocycles. The molecule has 6 nitrogen and oxygen atoms in total. The number of halogens is 1. The van der Waals surface area contributed by atoms with Crippen molar-refractivity contribution in [3.8, 4) is 0 Å². The van der Waals surface area contributed by atoms with Crippen molar-refractivity contribution < 1.29 is 24.9 Å². The molecule has 0 aliphatic rings. The van der Waals surface area contributed by atoms with Gasteiger partial charge in [0.1, 0.15) is 11.7 Å². The summed E-state index contributed by atoms with van der Waals surface area (Å²) in [4.78, 5) is 14.1. The average Bonchev–Trinajstić information content (AvgIpc) is 2.42. The van der Waals surface area contributed by atoms with Gasteiger partial charge in [-0.2, -0.15) is 0 Å². The number of carbonyl (C=O) groups excluding carboxylic acids is 1. The molecule has 25 heavy (non-hydrogen) atoms. The van der Waals surface area contributed by atoms with Gasteiger partial charge >= 0.3 is 5.97 Å². The zero-order valence-electron chi connectivity index (χ0n) is 16.8. The van der Waals surface area contributed by atoms with E-state index in [-0.39, 0.29) is 17.9 Å². The summed E-state index contributed by atoms with van der Waals surface area (Å²) in [7, 11) is 3.62. The number of ether oxygens (including phenoxy) is 1. The minimum absolute atomic E-state index is 0.162. The van der Waals surface area contributed by atoms with Crippen LogP contribution in [0.4, 0.5) is 0 Å². The molecule has 0 unspecified atom stereocenters. The van der Waals surface area contributed by atoms with Crippen molar-refractivity contribution >= 4 is 28.6 Å². The number of likely N-dealkylation sites (N-methyl/N-ethyl adjacent to an activating group) is 1. The van der Waals surface area contributed by atoms with Crippen molar-refractivity contribution in [3.05, 3.63) is 0 Å². The van der Waals surface area contributed by atoms with Crippen LogP contribution in [0.15, 0.2) is 0 Å². The van der Waals surface area contributed by atoms with Crippen LogP contribution in [0.2, 0.25) is 0 Å². The Kier molecular flexibility index (Phi) is 9.84. The first-order valence-electron chi connectivity index (χ1n) is 8.73. The number of aliphatic hydroxyl groups excluding tert-OH is 1. The minimum atomic E-state index is -1.57. The summed E-state index contributed by atoms with van der Waals surface area (Å²) in [5.74, 6) is -0.601. The molecule has 6 atom stereocenters. The summed E-state index contributed by atoms with van der Waals surface area (Å²) >= 11 is 1.85. The molecule has 3 N–H and O–H groups in total.